The van der Waals surface area contributed by atoms with E-state index in [1.807, 2.05) is 0 Å². The highest BCUT2D eigenvalue weighted by molar-refractivity contribution is 7.86. The van der Waals surface area contributed by atoms with Crippen LogP contribution >= 0.6 is 0 Å². The molecule has 0 atom stereocenters. The Balaban J connectivity index is 0. The average Bonchev–Trinajstić information content (AvgIpc) is 2.83. The van der Waals surface area contributed by atoms with Crippen molar-refractivity contribution in [2.75, 3.05) is 26.7 Å². The van der Waals surface area contributed by atoms with Crippen LogP contribution in [0.4, 0.5) is 74.6 Å². The van der Waals surface area contributed by atoms with E-state index < -0.39 is 57.1 Å². The molecule has 0 aliphatic rings. The monoisotopic (exact) mass is 699 g/mol. The van der Waals surface area contributed by atoms with Crippen molar-refractivity contribution in [1.29, 1.82) is 0 Å². The van der Waals surface area contributed by atoms with E-state index in [0.717, 1.165) is 0 Å². The lowest BCUT2D eigenvalue weighted by molar-refractivity contribution is -0.910. The van der Waals surface area contributed by atoms with Crippen molar-refractivity contribution in [2.45, 2.75) is 106 Å². The molecule has 43 heavy (non-hydrogen) atoms. The van der Waals surface area contributed by atoms with Gasteiger partial charge in [0.15, 0.2) is 10.1 Å². The summed E-state index contributed by atoms with van der Waals surface area (Å²) in [4.78, 5) is 0. The molecule has 0 unspecified atom stereocenters. The quantitative estimate of drug-likeness (QED) is 0.0926. The highest BCUT2D eigenvalue weighted by atomic mass is 32.2. The van der Waals surface area contributed by atoms with Crippen LogP contribution in [0.3, 0.4) is 0 Å². The van der Waals surface area contributed by atoms with Crippen molar-refractivity contribution in [3.8, 4) is 0 Å². The number of unbranched alkanes of at least 4 members (excludes halogenated alkanes) is 3. The van der Waals surface area contributed by atoms with E-state index in [9.17, 15) is 87.6 Å². The first-order valence-electron chi connectivity index (χ1n) is 12.2. The highest BCUT2D eigenvalue weighted by Gasteiger charge is 2.95. The van der Waals surface area contributed by atoms with Gasteiger partial charge in [-0.25, -0.2) is 8.42 Å². The van der Waals surface area contributed by atoms with Gasteiger partial charge in [0.2, 0.25) is 0 Å². The molecule has 0 radical (unpaired) electrons. The first kappa shape index (κ1) is 43.8. The first-order chi connectivity index (χ1) is 18.7. The zero-order chi connectivity index (χ0) is 35.4. The minimum absolute atomic E-state index is 1.32. The van der Waals surface area contributed by atoms with Crippen LogP contribution in [0.15, 0.2) is 0 Å². The molecule has 0 aliphatic heterocycles. The summed E-state index contributed by atoms with van der Waals surface area (Å²) in [5.41, 5.74) is 0. The van der Waals surface area contributed by atoms with Gasteiger partial charge in [0.1, 0.15) is 0 Å². The molecule has 0 saturated carbocycles. The third kappa shape index (κ3) is 8.29. The van der Waals surface area contributed by atoms with Crippen LogP contribution in [0.2, 0.25) is 0 Å². The summed E-state index contributed by atoms with van der Waals surface area (Å²) >= 11 is 0. The molecule has 0 spiro atoms. The van der Waals surface area contributed by atoms with Gasteiger partial charge in [0.25, 0.3) is 0 Å². The van der Waals surface area contributed by atoms with E-state index >= 15 is 0 Å². The summed E-state index contributed by atoms with van der Waals surface area (Å²) in [5, 5.41) is -7.95. The third-order valence-corrected chi connectivity index (χ3v) is 7.05. The molecule has 0 rings (SSSR count). The molecule has 22 heteroatoms. The number of hydrogen-bond donors (Lipinski definition) is 0. The van der Waals surface area contributed by atoms with Gasteiger partial charge < -0.3 is 9.04 Å². The summed E-state index contributed by atoms with van der Waals surface area (Å²) in [7, 11) is -5.70. The standard InChI is InChI=1S/C13H30N.C8HF17O3S/c1-5-8-11-14(4,12-9-6-2)13-10-7-3;9-1(10,3(13,14)5(17,18)7(21,22)23)2(11,12)4(15,16)6(19,20)8(24,25)29(26,27)28/h5-13H2,1-4H3;(H,26,27,28)/q+1;/p-1. The lowest BCUT2D eigenvalue weighted by Gasteiger charge is -2.42. The van der Waals surface area contributed by atoms with Crippen molar-refractivity contribution in [3.63, 3.8) is 0 Å². The Kier molecular flexibility index (Phi) is 14.2. The summed E-state index contributed by atoms with van der Waals surface area (Å²) < 4.78 is 245. The van der Waals surface area contributed by atoms with E-state index in [0.29, 0.717) is 0 Å². The summed E-state index contributed by atoms with van der Waals surface area (Å²) in [5.74, 6) is -52.1. The minimum Gasteiger partial charge on any atom is -0.743 e. The molecule has 0 saturated heterocycles. The van der Waals surface area contributed by atoms with E-state index in [1.165, 1.54) is 62.6 Å². The fourth-order valence-electron chi connectivity index (χ4n) is 3.26. The molecule has 0 heterocycles. The number of nitrogens with zero attached hydrogens (tertiary/aromatic N) is 1. The van der Waals surface area contributed by atoms with Crippen LogP contribution in [-0.4, -0.2) is 91.1 Å². The van der Waals surface area contributed by atoms with Crippen LogP contribution in [0, 0.1) is 0 Å². The molecule has 0 N–H and O–H groups in total. The average molecular weight is 700 g/mol. The Bertz CT molecular complexity index is 960. The van der Waals surface area contributed by atoms with Crippen molar-refractivity contribution in [1.82, 2.24) is 0 Å². The van der Waals surface area contributed by atoms with Gasteiger partial charge in [0.05, 0.1) is 26.7 Å². The summed E-state index contributed by atoms with van der Waals surface area (Å²) in [6.45, 7) is 11.0. The van der Waals surface area contributed by atoms with Crippen LogP contribution < -0.4 is 0 Å². The highest BCUT2D eigenvalue weighted by Crippen LogP contribution is 2.64. The van der Waals surface area contributed by atoms with E-state index in [-0.39, 0.29) is 0 Å². The third-order valence-electron chi connectivity index (χ3n) is 6.16. The maximum Gasteiger partial charge on any atom is 0.460 e. The predicted molar refractivity (Wildman–Crippen MR) is 116 cm³/mol. The van der Waals surface area contributed by atoms with Crippen LogP contribution in [0.5, 0.6) is 0 Å². The molecule has 0 amide bonds. The fourth-order valence-corrected chi connectivity index (χ4v) is 3.70. The Labute approximate surface area is 235 Å². The van der Waals surface area contributed by atoms with Gasteiger partial charge >= 0.3 is 47.0 Å². The first-order valence-corrected chi connectivity index (χ1v) is 13.6. The second kappa shape index (κ2) is 14.0. The smallest absolute Gasteiger partial charge is 0.460 e. The molecule has 4 nitrogen and oxygen atoms in total. The lowest BCUT2D eigenvalue weighted by Crippen LogP contribution is -2.75. The molecule has 0 aliphatic carbocycles. The van der Waals surface area contributed by atoms with Crippen LogP contribution in [-0.2, 0) is 10.1 Å². The Morgan fingerprint density at radius 2 is 0.721 bits per heavy atom. The molecule has 0 bridgehead atoms. The van der Waals surface area contributed by atoms with E-state index in [2.05, 4.69) is 27.8 Å². The molecule has 0 fully saturated rings. The van der Waals surface area contributed by atoms with Crippen molar-refractivity contribution < 1.29 is 92.1 Å². The van der Waals surface area contributed by atoms with Crippen LogP contribution in [0.25, 0.3) is 0 Å². The maximum atomic E-state index is 13.0. The normalized spacial score (nSPS) is 15.3. The number of rotatable bonds is 16. The zero-order valence-corrected chi connectivity index (χ0v) is 23.7. The molecule has 0 aromatic carbocycles. The summed E-state index contributed by atoms with van der Waals surface area (Å²) in [6.07, 6.45) is 0.304. The van der Waals surface area contributed by atoms with Gasteiger partial charge in [-0.05, 0) is 19.3 Å². The zero-order valence-electron chi connectivity index (χ0n) is 22.9. The van der Waals surface area contributed by atoms with E-state index in [4.69, 9.17) is 0 Å². The fraction of sp³-hybridized carbons (Fsp3) is 1.00. The van der Waals surface area contributed by atoms with Gasteiger partial charge in [-0.1, -0.05) is 40.0 Å². The maximum absolute atomic E-state index is 13.0. The van der Waals surface area contributed by atoms with Gasteiger partial charge in [-0.2, -0.15) is 74.6 Å². The second-order valence-corrected chi connectivity index (χ2v) is 11.2. The molecule has 262 valence electrons. The summed E-state index contributed by atoms with van der Waals surface area (Å²) in [6, 6.07) is 0. The molecule has 0 aromatic rings. The topological polar surface area (TPSA) is 57.2 Å². The minimum atomic E-state index is -8.92. The van der Waals surface area contributed by atoms with Gasteiger partial charge in [-0.3, -0.25) is 0 Å². The van der Waals surface area contributed by atoms with Crippen LogP contribution in [0.1, 0.15) is 59.3 Å². The van der Waals surface area contributed by atoms with Crippen molar-refractivity contribution in [2.24, 2.45) is 0 Å². The second-order valence-electron chi connectivity index (χ2n) is 9.77. The van der Waals surface area contributed by atoms with Crippen molar-refractivity contribution >= 4 is 10.1 Å². The number of halogens is 17. The Morgan fingerprint density at radius 1 is 0.488 bits per heavy atom. The van der Waals surface area contributed by atoms with E-state index in [1.54, 1.807) is 0 Å². The van der Waals surface area contributed by atoms with Gasteiger partial charge in [0, 0.05) is 0 Å². The number of quaternary nitrogens is 1. The largest absolute Gasteiger partial charge is 0.743 e. The predicted octanol–water partition coefficient (Wildman–Crippen LogP) is 8.33. The molecule has 0 aromatic heterocycles. The number of hydrogen-bond acceptors (Lipinski definition) is 3. The van der Waals surface area contributed by atoms with Gasteiger partial charge in [-0.15, -0.1) is 0 Å². The number of alkyl halides is 17. The lowest BCUT2D eigenvalue weighted by atomic mass is 9.91. The Morgan fingerprint density at radius 3 is 0.930 bits per heavy atom. The Hall–Kier alpha value is -1.32. The molecular weight excluding hydrogens is 669 g/mol. The SMILES string of the molecule is CCCC[N+](C)(CCCC)CCCC.O=S(=O)([O-])C(F)(F)C(F)(F)C(F)(F)C(F)(F)C(F)(F)C(F)(F)C(F)(F)C(F)(F)F. The molecular formula is C21H30F17NO3S. The van der Waals surface area contributed by atoms with Crippen molar-refractivity contribution in [3.05, 3.63) is 0 Å².